The van der Waals surface area contributed by atoms with Gasteiger partial charge in [0.2, 0.25) is 5.95 Å². The maximum Gasteiger partial charge on any atom is 0.237 e. The molecule has 0 spiro atoms. The van der Waals surface area contributed by atoms with E-state index >= 15 is 0 Å². The smallest absolute Gasteiger partial charge is 0.237 e. The van der Waals surface area contributed by atoms with Gasteiger partial charge in [-0.2, -0.15) is 4.98 Å². The largest absolute Gasteiger partial charge is 0.374 e. The molecule has 1 N–H and O–H groups in total. The van der Waals surface area contributed by atoms with E-state index in [1.165, 1.54) is 0 Å². The summed E-state index contributed by atoms with van der Waals surface area (Å²) >= 11 is 0. The maximum atomic E-state index is 10.5. The van der Waals surface area contributed by atoms with Crippen LogP contribution in [-0.2, 0) is 4.79 Å². The summed E-state index contributed by atoms with van der Waals surface area (Å²) in [5.74, 6) is 1.25. The minimum atomic E-state index is 0.220. The molecule has 7 nitrogen and oxygen atoms in total. The summed E-state index contributed by atoms with van der Waals surface area (Å²) in [5.41, 5.74) is 2.55. The van der Waals surface area contributed by atoms with E-state index in [-0.39, 0.29) is 6.54 Å². The molecule has 0 radical (unpaired) electrons. The fourth-order valence-electron chi connectivity index (χ4n) is 2.22. The van der Waals surface area contributed by atoms with Crippen LogP contribution in [0.3, 0.4) is 0 Å². The van der Waals surface area contributed by atoms with Crippen molar-refractivity contribution >= 4 is 28.8 Å². The van der Waals surface area contributed by atoms with Crippen LogP contribution >= 0.6 is 0 Å². The number of benzene rings is 1. The monoisotopic (exact) mass is 296 g/mol. The molecule has 1 aromatic carbocycles. The molecule has 0 amide bonds. The Labute approximate surface area is 127 Å². The van der Waals surface area contributed by atoms with Crippen molar-refractivity contribution in [3.05, 3.63) is 36.8 Å². The molecule has 3 rings (SSSR count). The number of carbonyl (C=O) groups excluding carboxylic acids is 1. The summed E-state index contributed by atoms with van der Waals surface area (Å²) in [6.45, 7) is 0.220. The van der Waals surface area contributed by atoms with Crippen LogP contribution in [0.25, 0.3) is 17.0 Å². The second kappa shape index (κ2) is 5.80. The number of hydrogen-bond acceptors (Lipinski definition) is 6. The van der Waals surface area contributed by atoms with Gasteiger partial charge in [-0.1, -0.05) is 12.1 Å². The van der Waals surface area contributed by atoms with Crippen molar-refractivity contribution in [2.45, 2.75) is 0 Å². The van der Waals surface area contributed by atoms with E-state index in [4.69, 9.17) is 0 Å². The highest BCUT2D eigenvalue weighted by atomic mass is 16.1. The lowest BCUT2D eigenvalue weighted by atomic mass is 10.3. The van der Waals surface area contributed by atoms with Crippen LogP contribution < -0.4 is 10.2 Å². The van der Waals surface area contributed by atoms with Crippen molar-refractivity contribution < 1.29 is 4.79 Å². The van der Waals surface area contributed by atoms with Gasteiger partial charge in [0.05, 0.1) is 29.5 Å². The number of imidazole rings is 1. The Morgan fingerprint density at radius 2 is 2.09 bits per heavy atom. The van der Waals surface area contributed by atoms with Gasteiger partial charge in [-0.05, 0) is 12.1 Å². The fourth-order valence-corrected chi connectivity index (χ4v) is 2.22. The molecule has 3 aromatic rings. The summed E-state index contributed by atoms with van der Waals surface area (Å²) in [6.07, 6.45) is 4.19. The molecule has 2 heterocycles. The summed E-state index contributed by atoms with van der Waals surface area (Å²) in [5, 5.41) is 2.99. The molecular formula is C15H16N6O. The van der Waals surface area contributed by atoms with Crippen LogP contribution in [0.5, 0.6) is 0 Å². The minimum absolute atomic E-state index is 0.220. The lowest BCUT2D eigenvalue weighted by Crippen LogP contribution is -2.17. The highest BCUT2D eigenvalue weighted by Crippen LogP contribution is 2.23. The third kappa shape index (κ3) is 2.48. The molecule has 0 fully saturated rings. The molecule has 22 heavy (non-hydrogen) atoms. The standard InChI is InChI=1S/C15H16N6O/c1-20(2)14-12(16-7-8-22)9-17-15(19-14)21-10-18-11-5-3-4-6-13(11)21/h3-6,8-10,16H,7H2,1-2H3. The Kier molecular flexibility index (Phi) is 3.69. The van der Waals surface area contributed by atoms with Crippen molar-refractivity contribution in [2.75, 3.05) is 30.9 Å². The highest BCUT2D eigenvalue weighted by Gasteiger charge is 2.12. The molecule has 0 bridgehead atoms. The van der Waals surface area contributed by atoms with Crippen LogP contribution in [0.2, 0.25) is 0 Å². The third-order valence-corrected chi connectivity index (χ3v) is 3.22. The predicted molar refractivity (Wildman–Crippen MR) is 85.5 cm³/mol. The minimum Gasteiger partial charge on any atom is -0.374 e. The van der Waals surface area contributed by atoms with E-state index in [1.54, 1.807) is 12.5 Å². The Bertz CT molecular complexity index is 811. The van der Waals surface area contributed by atoms with Gasteiger partial charge in [-0.15, -0.1) is 0 Å². The van der Waals surface area contributed by atoms with Crippen LogP contribution in [0.15, 0.2) is 36.8 Å². The van der Waals surface area contributed by atoms with E-state index in [1.807, 2.05) is 47.8 Å². The number of aromatic nitrogens is 4. The molecule has 0 aliphatic rings. The van der Waals surface area contributed by atoms with E-state index in [9.17, 15) is 4.79 Å². The van der Waals surface area contributed by atoms with Crippen molar-refractivity contribution in [3.8, 4) is 5.95 Å². The molecule has 0 saturated heterocycles. The predicted octanol–water partition coefficient (Wildman–Crippen LogP) is 1.49. The van der Waals surface area contributed by atoms with Gasteiger partial charge >= 0.3 is 0 Å². The SMILES string of the molecule is CN(C)c1nc(-n2cnc3ccccc32)ncc1NCC=O. The number of aldehydes is 1. The van der Waals surface area contributed by atoms with Crippen molar-refractivity contribution in [1.29, 1.82) is 0 Å². The van der Waals surface area contributed by atoms with Gasteiger partial charge in [0.1, 0.15) is 12.6 Å². The Hall–Kier alpha value is -2.96. The van der Waals surface area contributed by atoms with Crippen molar-refractivity contribution in [1.82, 2.24) is 19.5 Å². The lowest BCUT2D eigenvalue weighted by Gasteiger charge is -2.17. The summed E-state index contributed by atoms with van der Waals surface area (Å²) in [7, 11) is 3.79. The average molecular weight is 296 g/mol. The van der Waals surface area contributed by atoms with Crippen LogP contribution in [0.4, 0.5) is 11.5 Å². The van der Waals surface area contributed by atoms with E-state index < -0.39 is 0 Å². The first-order valence-corrected chi connectivity index (χ1v) is 6.85. The van der Waals surface area contributed by atoms with Gasteiger partial charge < -0.3 is 15.0 Å². The van der Waals surface area contributed by atoms with Gasteiger partial charge in [0.15, 0.2) is 5.82 Å². The summed E-state index contributed by atoms with van der Waals surface area (Å²) in [4.78, 5) is 25.7. The number of rotatable bonds is 5. The van der Waals surface area contributed by atoms with Crippen LogP contribution in [0.1, 0.15) is 0 Å². The van der Waals surface area contributed by atoms with E-state index in [2.05, 4.69) is 20.3 Å². The molecule has 0 aliphatic heterocycles. The zero-order valence-corrected chi connectivity index (χ0v) is 12.4. The maximum absolute atomic E-state index is 10.5. The fraction of sp³-hybridized carbons (Fsp3) is 0.200. The molecule has 7 heteroatoms. The molecular weight excluding hydrogens is 280 g/mol. The highest BCUT2D eigenvalue weighted by molar-refractivity contribution is 5.77. The molecule has 0 aliphatic carbocycles. The lowest BCUT2D eigenvalue weighted by molar-refractivity contribution is -0.106. The second-order valence-corrected chi connectivity index (χ2v) is 4.95. The van der Waals surface area contributed by atoms with Gasteiger partial charge in [0.25, 0.3) is 0 Å². The van der Waals surface area contributed by atoms with E-state index in [0.29, 0.717) is 17.5 Å². The second-order valence-electron chi connectivity index (χ2n) is 4.95. The number of para-hydroxylation sites is 2. The molecule has 0 saturated carbocycles. The van der Waals surface area contributed by atoms with Gasteiger partial charge in [0, 0.05) is 14.1 Å². The molecule has 0 atom stereocenters. The Morgan fingerprint density at radius 3 is 2.86 bits per heavy atom. The number of nitrogens with one attached hydrogen (secondary N) is 1. The average Bonchev–Trinajstić information content (AvgIpc) is 2.96. The number of nitrogens with zero attached hydrogens (tertiary/aromatic N) is 5. The first-order valence-electron chi connectivity index (χ1n) is 6.85. The van der Waals surface area contributed by atoms with E-state index in [0.717, 1.165) is 17.3 Å². The zero-order chi connectivity index (χ0) is 15.5. The Balaban J connectivity index is 2.08. The summed E-state index contributed by atoms with van der Waals surface area (Å²) < 4.78 is 1.84. The number of fused-ring (bicyclic) bond motifs is 1. The van der Waals surface area contributed by atoms with Crippen molar-refractivity contribution in [2.24, 2.45) is 0 Å². The number of carbonyl (C=O) groups is 1. The Morgan fingerprint density at radius 1 is 1.27 bits per heavy atom. The molecule has 2 aromatic heterocycles. The first-order chi connectivity index (χ1) is 10.7. The normalized spacial score (nSPS) is 10.6. The molecule has 112 valence electrons. The van der Waals surface area contributed by atoms with Crippen LogP contribution in [-0.4, -0.2) is 46.4 Å². The third-order valence-electron chi connectivity index (χ3n) is 3.22. The zero-order valence-electron chi connectivity index (χ0n) is 12.4. The first kappa shape index (κ1) is 14.0. The topological polar surface area (TPSA) is 75.9 Å². The van der Waals surface area contributed by atoms with Crippen molar-refractivity contribution in [3.63, 3.8) is 0 Å². The number of hydrogen-bond donors (Lipinski definition) is 1. The van der Waals surface area contributed by atoms with Crippen LogP contribution in [0, 0.1) is 0 Å². The van der Waals surface area contributed by atoms with Gasteiger partial charge in [-0.3, -0.25) is 4.57 Å². The molecule has 0 unspecified atom stereocenters. The number of anilines is 2. The summed E-state index contributed by atoms with van der Waals surface area (Å²) in [6, 6.07) is 7.81. The quantitative estimate of drug-likeness (QED) is 0.719. The van der Waals surface area contributed by atoms with Gasteiger partial charge in [-0.25, -0.2) is 9.97 Å².